The van der Waals surface area contributed by atoms with E-state index in [2.05, 4.69) is 10.6 Å². The molecule has 0 unspecified atom stereocenters. The van der Waals surface area contributed by atoms with Gasteiger partial charge in [-0.15, -0.1) is 0 Å². The van der Waals surface area contributed by atoms with E-state index in [1.807, 2.05) is 24.3 Å². The van der Waals surface area contributed by atoms with Gasteiger partial charge in [0.2, 0.25) is 11.8 Å². The van der Waals surface area contributed by atoms with Gasteiger partial charge in [-0.2, -0.15) is 0 Å². The molecule has 2 heterocycles. The molecule has 7 heteroatoms. The van der Waals surface area contributed by atoms with Crippen molar-refractivity contribution >= 4 is 33.6 Å². The minimum atomic E-state index is -0.322. The van der Waals surface area contributed by atoms with Crippen molar-refractivity contribution in [2.75, 3.05) is 6.54 Å². The molecule has 0 atom stereocenters. The number of hydrogen-bond acceptors (Lipinski definition) is 4. The fourth-order valence-electron chi connectivity index (χ4n) is 3.29. The Hall–Kier alpha value is -3.87. The Labute approximate surface area is 165 Å². The van der Waals surface area contributed by atoms with Crippen molar-refractivity contribution in [2.45, 2.75) is 13.1 Å². The molecule has 0 spiro atoms. The lowest BCUT2D eigenvalue weighted by Crippen LogP contribution is -2.38. The number of nitrogens with one attached hydrogen (secondary N) is 2. The summed E-state index contributed by atoms with van der Waals surface area (Å²) in [7, 11) is 0. The van der Waals surface area contributed by atoms with Crippen LogP contribution in [0.25, 0.3) is 21.8 Å². The number of hydrogen-bond donors (Lipinski definition) is 2. The van der Waals surface area contributed by atoms with Crippen molar-refractivity contribution < 1.29 is 14.0 Å². The molecule has 4 aromatic rings. The number of benzene rings is 2. The minimum Gasteiger partial charge on any atom is -0.467 e. The van der Waals surface area contributed by atoms with Gasteiger partial charge >= 0.3 is 0 Å². The Kier molecular flexibility index (Phi) is 5.11. The molecule has 2 aromatic carbocycles. The first-order valence-corrected chi connectivity index (χ1v) is 9.19. The normalized spacial score (nSPS) is 10.9. The molecule has 29 heavy (non-hydrogen) atoms. The van der Waals surface area contributed by atoms with Gasteiger partial charge in [0.1, 0.15) is 12.3 Å². The van der Waals surface area contributed by atoms with Crippen molar-refractivity contribution in [1.82, 2.24) is 15.2 Å². The minimum absolute atomic E-state index is 0.00717. The van der Waals surface area contributed by atoms with Gasteiger partial charge in [-0.1, -0.05) is 24.3 Å². The van der Waals surface area contributed by atoms with Gasteiger partial charge in [0.05, 0.1) is 30.4 Å². The number of pyridine rings is 1. The Balaban J connectivity index is 1.51. The third kappa shape index (κ3) is 3.89. The molecule has 0 bridgehead atoms. The number of furan rings is 1. The number of fused-ring (bicyclic) bond motifs is 2. The van der Waals surface area contributed by atoms with Crippen LogP contribution < -0.4 is 16.1 Å². The van der Waals surface area contributed by atoms with Gasteiger partial charge in [-0.3, -0.25) is 14.4 Å². The highest BCUT2D eigenvalue weighted by Gasteiger charge is 2.13. The predicted molar refractivity (Wildman–Crippen MR) is 109 cm³/mol. The summed E-state index contributed by atoms with van der Waals surface area (Å²) in [6.45, 7) is 0.110. The topological polar surface area (TPSA) is 93.3 Å². The number of carbonyl (C=O) groups excluding carboxylic acids is 2. The van der Waals surface area contributed by atoms with Crippen LogP contribution in [0.2, 0.25) is 0 Å². The van der Waals surface area contributed by atoms with Crippen molar-refractivity contribution in [3.8, 4) is 0 Å². The average Bonchev–Trinajstić information content (AvgIpc) is 3.27. The van der Waals surface area contributed by atoms with Crippen LogP contribution in [0.1, 0.15) is 5.76 Å². The van der Waals surface area contributed by atoms with Gasteiger partial charge in [0, 0.05) is 10.8 Å². The highest BCUT2D eigenvalue weighted by Crippen LogP contribution is 2.18. The molecule has 0 aliphatic heterocycles. The summed E-state index contributed by atoms with van der Waals surface area (Å²) < 4.78 is 6.94. The zero-order valence-electron chi connectivity index (χ0n) is 15.6. The van der Waals surface area contributed by atoms with E-state index in [4.69, 9.17) is 4.42 Å². The van der Waals surface area contributed by atoms with E-state index in [9.17, 15) is 14.4 Å². The molecule has 4 rings (SSSR count). The first-order chi connectivity index (χ1) is 14.1. The maximum Gasteiger partial charge on any atom is 0.240 e. The second-order valence-corrected chi connectivity index (χ2v) is 6.58. The molecule has 2 N–H and O–H groups in total. The van der Waals surface area contributed by atoms with Crippen LogP contribution in [-0.4, -0.2) is 22.9 Å². The third-order valence-electron chi connectivity index (χ3n) is 4.67. The molecule has 0 radical (unpaired) electrons. The Bertz CT molecular complexity index is 1180. The zero-order chi connectivity index (χ0) is 20.2. The number of aromatic nitrogens is 1. The smallest absolute Gasteiger partial charge is 0.240 e. The highest BCUT2D eigenvalue weighted by molar-refractivity contribution is 5.95. The number of carbonyl (C=O) groups is 2. The van der Waals surface area contributed by atoms with Crippen LogP contribution in [0.15, 0.2) is 76.1 Å². The average molecular weight is 389 g/mol. The lowest BCUT2D eigenvalue weighted by atomic mass is 10.1. The van der Waals surface area contributed by atoms with E-state index >= 15 is 0 Å². The molecule has 0 saturated carbocycles. The number of nitrogens with zero attached hydrogens (tertiary/aromatic N) is 1. The molecular weight excluding hydrogens is 370 g/mol. The SMILES string of the molecule is O=C(CNC(=O)Cn1c2ccccc2c(=O)c2ccccc21)NCc1ccco1. The fourth-order valence-corrected chi connectivity index (χ4v) is 3.29. The molecule has 0 saturated heterocycles. The van der Waals surface area contributed by atoms with E-state index in [-0.39, 0.29) is 36.9 Å². The maximum absolute atomic E-state index is 12.7. The molecule has 7 nitrogen and oxygen atoms in total. The molecule has 0 aliphatic rings. The largest absolute Gasteiger partial charge is 0.467 e. The Morgan fingerprint density at radius 1 is 0.828 bits per heavy atom. The molecule has 0 fully saturated rings. The summed E-state index contributed by atoms with van der Waals surface area (Å²) in [4.78, 5) is 37.2. The standard InChI is InChI=1S/C22H19N3O4/c26-20(23-12-15-6-5-11-29-15)13-24-21(27)14-25-18-9-3-1-7-16(18)22(28)17-8-2-4-10-19(17)25/h1-11H,12-14H2,(H,23,26)(H,24,27). The summed E-state index contributed by atoms with van der Waals surface area (Å²) in [5.74, 6) is -0.00245. The third-order valence-corrected chi connectivity index (χ3v) is 4.67. The predicted octanol–water partition coefficient (Wildman–Crippen LogP) is 2.18. The maximum atomic E-state index is 12.7. The Morgan fingerprint density at radius 3 is 2.10 bits per heavy atom. The highest BCUT2D eigenvalue weighted by atomic mass is 16.3. The van der Waals surface area contributed by atoms with Crippen LogP contribution in [0, 0.1) is 0 Å². The second-order valence-electron chi connectivity index (χ2n) is 6.58. The summed E-state index contributed by atoms with van der Waals surface area (Å²) in [6.07, 6.45) is 1.53. The van der Waals surface area contributed by atoms with E-state index in [0.717, 1.165) is 0 Å². The number of para-hydroxylation sites is 2. The Morgan fingerprint density at radius 2 is 1.48 bits per heavy atom. The van der Waals surface area contributed by atoms with E-state index in [1.165, 1.54) is 6.26 Å². The van der Waals surface area contributed by atoms with Crippen molar-refractivity contribution in [3.63, 3.8) is 0 Å². The van der Waals surface area contributed by atoms with Gasteiger partial charge in [-0.05, 0) is 36.4 Å². The molecular formula is C22H19N3O4. The lowest BCUT2D eigenvalue weighted by molar-refractivity contribution is -0.126. The van der Waals surface area contributed by atoms with Gasteiger partial charge in [0.15, 0.2) is 5.43 Å². The monoisotopic (exact) mass is 389 g/mol. The molecule has 2 amide bonds. The summed E-state index contributed by atoms with van der Waals surface area (Å²) >= 11 is 0. The van der Waals surface area contributed by atoms with E-state index < -0.39 is 0 Å². The van der Waals surface area contributed by atoms with E-state index in [0.29, 0.717) is 27.6 Å². The molecule has 2 aromatic heterocycles. The van der Waals surface area contributed by atoms with Crippen molar-refractivity contribution in [2.24, 2.45) is 0 Å². The van der Waals surface area contributed by atoms with Crippen LogP contribution >= 0.6 is 0 Å². The number of amides is 2. The van der Waals surface area contributed by atoms with Gasteiger partial charge in [0.25, 0.3) is 0 Å². The van der Waals surface area contributed by atoms with Crippen LogP contribution in [0.3, 0.4) is 0 Å². The quantitative estimate of drug-likeness (QED) is 0.494. The fraction of sp³-hybridized carbons (Fsp3) is 0.136. The molecule has 0 aliphatic carbocycles. The summed E-state index contributed by atoms with van der Waals surface area (Å²) in [6, 6.07) is 17.9. The van der Waals surface area contributed by atoms with Crippen LogP contribution in [0.5, 0.6) is 0 Å². The number of rotatable bonds is 6. The zero-order valence-corrected chi connectivity index (χ0v) is 15.6. The summed E-state index contributed by atoms with van der Waals surface area (Å²) in [5, 5.41) is 6.40. The first-order valence-electron chi connectivity index (χ1n) is 9.19. The van der Waals surface area contributed by atoms with E-state index in [1.54, 1.807) is 41.0 Å². The van der Waals surface area contributed by atoms with Crippen molar-refractivity contribution in [1.29, 1.82) is 0 Å². The molecule has 146 valence electrons. The van der Waals surface area contributed by atoms with Crippen LogP contribution in [0.4, 0.5) is 0 Å². The van der Waals surface area contributed by atoms with Gasteiger partial charge < -0.3 is 19.6 Å². The first kappa shape index (κ1) is 18.5. The second kappa shape index (κ2) is 8.02. The van der Waals surface area contributed by atoms with Gasteiger partial charge in [-0.25, -0.2) is 0 Å². The lowest BCUT2D eigenvalue weighted by Gasteiger charge is -2.15. The van der Waals surface area contributed by atoms with Crippen molar-refractivity contribution in [3.05, 3.63) is 82.9 Å². The summed E-state index contributed by atoms with van der Waals surface area (Å²) in [5.41, 5.74) is 1.28. The van der Waals surface area contributed by atoms with Crippen LogP contribution in [-0.2, 0) is 22.7 Å².